The summed E-state index contributed by atoms with van der Waals surface area (Å²) >= 11 is 1.29. The normalized spacial score (nSPS) is 10.6. The minimum absolute atomic E-state index is 0.0971. The van der Waals surface area contributed by atoms with Gasteiger partial charge in [0.05, 0.1) is 0 Å². The highest BCUT2D eigenvalue weighted by atomic mass is 32.1. The van der Waals surface area contributed by atoms with Crippen molar-refractivity contribution in [2.24, 2.45) is 0 Å². The zero-order chi connectivity index (χ0) is 17.8. The highest BCUT2D eigenvalue weighted by Gasteiger charge is 2.10. The second-order valence-corrected chi connectivity index (χ2v) is 6.48. The predicted octanol–water partition coefficient (Wildman–Crippen LogP) is 3.77. The Hall–Kier alpha value is -3.32. The van der Waals surface area contributed by atoms with Crippen LogP contribution in [0.25, 0.3) is 21.3 Å². The SMILES string of the molecule is O=C(COc1ccc2ccccc2c1)Nc1nnc(-c2cccnc2)s1. The van der Waals surface area contributed by atoms with Crippen LogP contribution in [0.15, 0.2) is 67.0 Å². The van der Waals surface area contributed by atoms with Gasteiger partial charge in [0, 0.05) is 18.0 Å². The third-order valence-corrected chi connectivity index (χ3v) is 4.56. The number of nitrogens with one attached hydrogen (secondary N) is 1. The molecule has 26 heavy (non-hydrogen) atoms. The molecule has 0 radical (unpaired) electrons. The van der Waals surface area contributed by atoms with Crippen LogP contribution in [0.3, 0.4) is 0 Å². The van der Waals surface area contributed by atoms with Crippen molar-refractivity contribution in [2.45, 2.75) is 0 Å². The van der Waals surface area contributed by atoms with E-state index in [1.807, 2.05) is 54.6 Å². The van der Waals surface area contributed by atoms with Crippen molar-refractivity contribution in [1.82, 2.24) is 15.2 Å². The number of carbonyl (C=O) groups excluding carboxylic acids is 1. The largest absolute Gasteiger partial charge is 0.484 e. The Balaban J connectivity index is 1.37. The molecule has 6 nitrogen and oxygen atoms in total. The van der Waals surface area contributed by atoms with E-state index in [0.717, 1.165) is 16.3 Å². The number of pyridine rings is 1. The van der Waals surface area contributed by atoms with E-state index >= 15 is 0 Å². The van der Waals surface area contributed by atoms with Gasteiger partial charge in [-0.15, -0.1) is 10.2 Å². The third-order valence-electron chi connectivity index (χ3n) is 3.67. The van der Waals surface area contributed by atoms with Gasteiger partial charge < -0.3 is 4.74 Å². The number of benzene rings is 2. The van der Waals surface area contributed by atoms with Gasteiger partial charge in [-0.2, -0.15) is 0 Å². The van der Waals surface area contributed by atoms with Gasteiger partial charge in [0.1, 0.15) is 5.75 Å². The Morgan fingerprint density at radius 3 is 2.77 bits per heavy atom. The van der Waals surface area contributed by atoms with Gasteiger partial charge in [-0.1, -0.05) is 41.7 Å². The Bertz CT molecular complexity index is 1050. The Labute approximate surface area is 153 Å². The number of ether oxygens (including phenoxy) is 1. The van der Waals surface area contributed by atoms with Gasteiger partial charge in [0.25, 0.3) is 5.91 Å². The molecule has 4 rings (SSSR count). The summed E-state index contributed by atoms with van der Waals surface area (Å²) in [6, 6.07) is 17.4. The number of hydrogen-bond acceptors (Lipinski definition) is 6. The lowest BCUT2D eigenvalue weighted by Gasteiger charge is -2.06. The van der Waals surface area contributed by atoms with Crippen LogP contribution in [0, 0.1) is 0 Å². The molecule has 1 N–H and O–H groups in total. The fraction of sp³-hybridized carbons (Fsp3) is 0.0526. The van der Waals surface area contributed by atoms with Gasteiger partial charge in [-0.3, -0.25) is 15.1 Å². The molecule has 2 aromatic carbocycles. The maximum absolute atomic E-state index is 12.1. The fourth-order valence-corrected chi connectivity index (χ4v) is 3.19. The summed E-state index contributed by atoms with van der Waals surface area (Å²) in [6.07, 6.45) is 3.40. The standard InChI is InChI=1S/C19H14N4O2S/c24-17(12-25-16-8-7-13-4-1-2-5-14(13)10-16)21-19-23-22-18(26-19)15-6-3-9-20-11-15/h1-11H,12H2,(H,21,23,24). The summed E-state index contributed by atoms with van der Waals surface area (Å²) in [6.45, 7) is -0.0971. The van der Waals surface area contributed by atoms with Crippen LogP contribution >= 0.6 is 11.3 Å². The van der Waals surface area contributed by atoms with Crippen LogP contribution in [-0.2, 0) is 4.79 Å². The van der Waals surface area contributed by atoms with E-state index in [1.54, 1.807) is 12.4 Å². The lowest BCUT2D eigenvalue weighted by atomic mass is 10.1. The van der Waals surface area contributed by atoms with E-state index < -0.39 is 0 Å². The number of aromatic nitrogens is 3. The van der Waals surface area contributed by atoms with Crippen molar-refractivity contribution in [3.63, 3.8) is 0 Å². The van der Waals surface area contributed by atoms with Crippen molar-refractivity contribution >= 4 is 33.1 Å². The smallest absolute Gasteiger partial charge is 0.264 e. The average Bonchev–Trinajstić information content (AvgIpc) is 3.15. The van der Waals surface area contributed by atoms with E-state index in [1.165, 1.54) is 11.3 Å². The van der Waals surface area contributed by atoms with E-state index in [-0.39, 0.29) is 12.5 Å². The molecule has 0 unspecified atom stereocenters. The summed E-state index contributed by atoms with van der Waals surface area (Å²) in [7, 11) is 0. The maximum atomic E-state index is 12.1. The van der Waals surface area contributed by atoms with E-state index in [2.05, 4.69) is 20.5 Å². The predicted molar refractivity (Wildman–Crippen MR) is 101 cm³/mol. The molecule has 0 saturated carbocycles. The molecule has 2 aromatic heterocycles. The van der Waals surface area contributed by atoms with Crippen LogP contribution in [-0.4, -0.2) is 27.7 Å². The summed E-state index contributed by atoms with van der Waals surface area (Å²) in [5, 5.41) is 14.1. The second kappa shape index (κ2) is 7.28. The minimum Gasteiger partial charge on any atom is -0.484 e. The van der Waals surface area contributed by atoms with Gasteiger partial charge in [-0.25, -0.2) is 0 Å². The van der Waals surface area contributed by atoms with Gasteiger partial charge >= 0.3 is 0 Å². The molecule has 0 spiro atoms. The number of anilines is 1. The third kappa shape index (κ3) is 3.68. The molecule has 0 aliphatic heterocycles. The zero-order valence-electron chi connectivity index (χ0n) is 13.6. The lowest BCUT2D eigenvalue weighted by Crippen LogP contribution is -2.20. The second-order valence-electron chi connectivity index (χ2n) is 5.50. The van der Waals surface area contributed by atoms with Crippen molar-refractivity contribution in [3.05, 3.63) is 67.0 Å². The fourth-order valence-electron chi connectivity index (χ4n) is 2.44. The highest BCUT2D eigenvalue weighted by Crippen LogP contribution is 2.25. The molecule has 1 amide bonds. The Morgan fingerprint density at radius 2 is 1.92 bits per heavy atom. The molecule has 4 aromatic rings. The first-order valence-corrected chi connectivity index (χ1v) is 8.75. The van der Waals surface area contributed by atoms with Crippen LogP contribution in [0.5, 0.6) is 5.75 Å². The van der Waals surface area contributed by atoms with Crippen LogP contribution in [0.2, 0.25) is 0 Å². The van der Waals surface area contributed by atoms with E-state index in [0.29, 0.717) is 15.9 Å². The van der Waals surface area contributed by atoms with Crippen molar-refractivity contribution in [2.75, 3.05) is 11.9 Å². The van der Waals surface area contributed by atoms with Crippen LogP contribution < -0.4 is 10.1 Å². The molecular weight excluding hydrogens is 348 g/mol. The quantitative estimate of drug-likeness (QED) is 0.585. The summed E-state index contributed by atoms with van der Waals surface area (Å²) in [5.41, 5.74) is 0.859. The first-order valence-electron chi connectivity index (χ1n) is 7.93. The molecule has 0 bridgehead atoms. The topological polar surface area (TPSA) is 77.0 Å². The zero-order valence-corrected chi connectivity index (χ0v) is 14.4. The summed E-state index contributed by atoms with van der Waals surface area (Å²) < 4.78 is 5.57. The van der Waals surface area contributed by atoms with Gasteiger partial charge in [0.15, 0.2) is 11.6 Å². The van der Waals surface area contributed by atoms with E-state index in [4.69, 9.17) is 4.74 Å². The minimum atomic E-state index is -0.285. The lowest BCUT2D eigenvalue weighted by molar-refractivity contribution is -0.118. The van der Waals surface area contributed by atoms with Crippen molar-refractivity contribution in [1.29, 1.82) is 0 Å². The Kier molecular flexibility index (Phi) is 4.53. The van der Waals surface area contributed by atoms with Crippen molar-refractivity contribution in [3.8, 4) is 16.3 Å². The van der Waals surface area contributed by atoms with Crippen LogP contribution in [0.1, 0.15) is 0 Å². The average molecular weight is 362 g/mol. The van der Waals surface area contributed by atoms with Crippen molar-refractivity contribution < 1.29 is 9.53 Å². The summed E-state index contributed by atoms with van der Waals surface area (Å²) in [5.74, 6) is 0.360. The number of rotatable bonds is 5. The highest BCUT2D eigenvalue weighted by molar-refractivity contribution is 7.18. The van der Waals surface area contributed by atoms with E-state index in [9.17, 15) is 4.79 Å². The molecular formula is C19H14N4O2S. The monoisotopic (exact) mass is 362 g/mol. The maximum Gasteiger partial charge on any atom is 0.264 e. The Morgan fingerprint density at radius 1 is 1.04 bits per heavy atom. The van der Waals surface area contributed by atoms with Gasteiger partial charge in [0.2, 0.25) is 5.13 Å². The number of carbonyl (C=O) groups is 1. The molecule has 0 aliphatic carbocycles. The number of hydrogen-bond donors (Lipinski definition) is 1. The summed E-state index contributed by atoms with van der Waals surface area (Å²) in [4.78, 5) is 16.1. The molecule has 2 heterocycles. The first-order chi connectivity index (χ1) is 12.8. The van der Waals surface area contributed by atoms with Crippen LogP contribution in [0.4, 0.5) is 5.13 Å². The first kappa shape index (κ1) is 16.2. The number of amides is 1. The molecule has 0 aliphatic rings. The molecule has 0 fully saturated rings. The van der Waals surface area contributed by atoms with Gasteiger partial charge in [-0.05, 0) is 35.0 Å². The number of fused-ring (bicyclic) bond motifs is 1. The molecule has 0 atom stereocenters. The molecule has 128 valence electrons. The molecule has 7 heteroatoms. The molecule has 0 saturated heterocycles. The number of nitrogens with zero attached hydrogens (tertiary/aromatic N) is 3.